The summed E-state index contributed by atoms with van der Waals surface area (Å²) in [6, 6.07) is 6.63. The topological polar surface area (TPSA) is 112 Å². The first-order valence-corrected chi connectivity index (χ1v) is 12.3. The largest absolute Gasteiger partial charge is 0.372 e. The highest BCUT2D eigenvalue weighted by atomic mass is 35.5. The highest BCUT2D eigenvalue weighted by Gasteiger charge is 2.38. The fourth-order valence-corrected chi connectivity index (χ4v) is 5.27. The molecule has 182 valence electrons. The Hall–Kier alpha value is -3.05. The number of rotatable bonds is 5. The molecular formula is C24H25ClN6O3S. The Morgan fingerprint density at radius 1 is 1.29 bits per heavy atom. The molecule has 4 heterocycles. The van der Waals surface area contributed by atoms with Gasteiger partial charge in [0.25, 0.3) is 0 Å². The number of aryl methyl sites for hydroxylation is 1. The summed E-state index contributed by atoms with van der Waals surface area (Å²) in [6.45, 7) is 6.38. The van der Waals surface area contributed by atoms with Crippen LogP contribution in [0.5, 0.6) is 0 Å². The number of benzene rings is 1. The third-order valence-corrected chi connectivity index (χ3v) is 6.94. The van der Waals surface area contributed by atoms with Crippen LogP contribution < -0.4 is 10.6 Å². The maximum atomic E-state index is 13.5. The number of aromatic amines is 1. The first-order valence-electron chi connectivity index (χ1n) is 11.2. The lowest BCUT2D eigenvalue weighted by Crippen LogP contribution is -2.59. The third kappa shape index (κ3) is 5.01. The van der Waals surface area contributed by atoms with Gasteiger partial charge in [0.15, 0.2) is 0 Å². The molecule has 0 unspecified atom stereocenters. The van der Waals surface area contributed by atoms with Crippen LogP contribution in [0, 0.1) is 6.92 Å². The molecule has 1 fully saturated rings. The molecule has 1 aromatic carbocycles. The molecule has 1 aliphatic rings. The van der Waals surface area contributed by atoms with Crippen molar-refractivity contribution >= 4 is 67.4 Å². The number of carbonyl (C=O) groups excluding carboxylic acids is 2. The number of anilines is 2. The maximum absolute atomic E-state index is 13.5. The van der Waals surface area contributed by atoms with Gasteiger partial charge in [0.1, 0.15) is 11.0 Å². The van der Waals surface area contributed by atoms with Gasteiger partial charge in [-0.05, 0) is 56.6 Å². The van der Waals surface area contributed by atoms with Crippen molar-refractivity contribution in [2.24, 2.45) is 0 Å². The molecule has 4 aromatic rings. The summed E-state index contributed by atoms with van der Waals surface area (Å²) in [7, 11) is 0. The molecule has 0 saturated carbocycles. The second-order valence-electron chi connectivity index (χ2n) is 9.28. The van der Waals surface area contributed by atoms with Crippen LogP contribution in [0.3, 0.4) is 0 Å². The normalized spacial score (nSPS) is 18.1. The van der Waals surface area contributed by atoms with E-state index < -0.39 is 11.6 Å². The van der Waals surface area contributed by atoms with Crippen LogP contribution in [-0.4, -0.2) is 62.4 Å². The summed E-state index contributed by atoms with van der Waals surface area (Å²) in [5.41, 5.74) is 2.51. The number of nitrogens with zero attached hydrogens (tertiary/aromatic N) is 3. The van der Waals surface area contributed by atoms with Crippen molar-refractivity contribution in [3.05, 3.63) is 47.4 Å². The van der Waals surface area contributed by atoms with E-state index in [-0.39, 0.29) is 25.0 Å². The lowest BCUT2D eigenvalue weighted by Gasteiger charge is -2.42. The zero-order valence-corrected chi connectivity index (χ0v) is 21.1. The van der Waals surface area contributed by atoms with Crippen LogP contribution in [-0.2, 0) is 14.3 Å². The van der Waals surface area contributed by atoms with Gasteiger partial charge < -0.3 is 20.4 Å². The molecule has 0 aliphatic carbocycles. The van der Waals surface area contributed by atoms with Gasteiger partial charge in [-0.2, -0.15) is 4.37 Å². The number of carbonyl (C=O) groups is 2. The van der Waals surface area contributed by atoms with Gasteiger partial charge in [-0.1, -0.05) is 11.6 Å². The van der Waals surface area contributed by atoms with Crippen molar-refractivity contribution in [2.75, 3.05) is 30.3 Å². The van der Waals surface area contributed by atoms with Gasteiger partial charge in [-0.25, -0.2) is 0 Å². The molecule has 0 spiro atoms. The highest BCUT2D eigenvalue weighted by Crippen LogP contribution is 2.33. The van der Waals surface area contributed by atoms with E-state index in [1.54, 1.807) is 18.5 Å². The van der Waals surface area contributed by atoms with E-state index >= 15 is 0 Å². The second kappa shape index (κ2) is 9.19. The fourth-order valence-electron chi connectivity index (χ4n) is 4.38. The van der Waals surface area contributed by atoms with Crippen molar-refractivity contribution < 1.29 is 14.3 Å². The number of aromatic nitrogens is 3. The zero-order valence-electron chi connectivity index (χ0n) is 19.5. The van der Waals surface area contributed by atoms with Crippen LogP contribution in [0.4, 0.5) is 10.7 Å². The Labute approximate surface area is 211 Å². The maximum Gasteiger partial charge on any atom is 0.244 e. The number of hydrogen-bond donors (Lipinski definition) is 3. The third-order valence-electron chi connectivity index (χ3n) is 5.93. The molecule has 1 saturated heterocycles. The standard InChI is InChI=1S/C24H25ClN6O3S/c1-13-6-21(35-30-13)29-20(32)10-31-12-24(2,3)34-11-19(31)23(33)28-17-8-14(25)7-16-15-4-5-26-9-18(15)27-22(16)17/h4-9,19,27H,10-12H2,1-3H3,(H,28,33)(H,29,32)/t19-/m0/s1. The van der Waals surface area contributed by atoms with Crippen molar-refractivity contribution in [3.8, 4) is 0 Å². The van der Waals surface area contributed by atoms with Crippen molar-refractivity contribution in [3.63, 3.8) is 0 Å². The smallest absolute Gasteiger partial charge is 0.244 e. The number of fused-ring (bicyclic) bond motifs is 3. The minimum Gasteiger partial charge on any atom is -0.372 e. The average molecular weight is 513 g/mol. The van der Waals surface area contributed by atoms with Gasteiger partial charge in [0.2, 0.25) is 11.8 Å². The molecule has 9 nitrogen and oxygen atoms in total. The molecule has 1 atom stereocenters. The molecular weight excluding hydrogens is 488 g/mol. The predicted octanol–water partition coefficient (Wildman–Crippen LogP) is 4.19. The summed E-state index contributed by atoms with van der Waals surface area (Å²) in [6.07, 6.45) is 3.45. The Kier molecular flexibility index (Phi) is 6.22. The number of halogens is 1. The molecule has 11 heteroatoms. The first-order chi connectivity index (χ1) is 16.7. The molecule has 2 amide bonds. The Bertz CT molecular complexity index is 1430. The summed E-state index contributed by atoms with van der Waals surface area (Å²) < 4.78 is 10.1. The van der Waals surface area contributed by atoms with Crippen molar-refractivity contribution in [2.45, 2.75) is 32.4 Å². The minimum absolute atomic E-state index is 0.0465. The van der Waals surface area contributed by atoms with Crippen LogP contribution >= 0.6 is 23.1 Å². The minimum atomic E-state index is -0.656. The lowest BCUT2D eigenvalue weighted by molar-refractivity contribution is -0.145. The summed E-state index contributed by atoms with van der Waals surface area (Å²) in [5.74, 6) is -0.486. The molecule has 0 radical (unpaired) electrons. The predicted molar refractivity (Wildman–Crippen MR) is 138 cm³/mol. The summed E-state index contributed by atoms with van der Waals surface area (Å²) in [5, 5.41) is 8.91. The molecule has 3 N–H and O–H groups in total. The number of pyridine rings is 1. The van der Waals surface area contributed by atoms with Gasteiger partial charge in [-0.3, -0.25) is 19.5 Å². The Morgan fingerprint density at radius 3 is 2.89 bits per heavy atom. The van der Waals surface area contributed by atoms with E-state index in [2.05, 4.69) is 25.0 Å². The van der Waals surface area contributed by atoms with Gasteiger partial charge in [0.05, 0.1) is 47.4 Å². The van der Waals surface area contributed by atoms with Crippen LogP contribution in [0.1, 0.15) is 19.5 Å². The SMILES string of the molecule is Cc1cc(NC(=O)CN2CC(C)(C)OC[C@H]2C(=O)Nc2cc(Cl)cc3c2[nH]c2cnccc23)sn1. The fraction of sp³-hybridized carbons (Fsp3) is 0.333. The summed E-state index contributed by atoms with van der Waals surface area (Å²) in [4.78, 5) is 35.6. The van der Waals surface area contributed by atoms with Gasteiger partial charge in [-0.15, -0.1) is 0 Å². The number of ether oxygens (including phenoxy) is 1. The molecule has 1 aliphatic heterocycles. The van der Waals surface area contributed by atoms with Gasteiger partial charge in [0, 0.05) is 28.5 Å². The average Bonchev–Trinajstić information content (AvgIpc) is 3.36. The molecule has 0 bridgehead atoms. The first kappa shape index (κ1) is 23.7. The van der Waals surface area contributed by atoms with E-state index in [9.17, 15) is 9.59 Å². The van der Waals surface area contributed by atoms with Crippen molar-refractivity contribution in [1.82, 2.24) is 19.2 Å². The lowest BCUT2D eigenvalue weighted by atomic mass is 10.0. The van der Waals surface area contributed by atoms with E-state index in [0.717, 1.165) is 27.5 Å². The van der Waals surface area contributed by atoms with Crippen LogP contribution in [0.25, 0.3) is 21.8 Å². The monoisotopic (exact) mass is 512 g/mol. The quantitative estimate of drug-likeness (QED) is 0.369. The Balaban J connectivity index is 1.39. The number of hydrogen-bond acceptors (Lipinski definition) is 7. The summed E-state index contributed by atoms with van der Waals surface area (Å²) >= 11 is 7.62. The second-order valence-corrected chi connectivity index (χ2v) is 10.5. The number of nitrogens with one attached hydrogen (secondary N) is 3. The molecule has 35 heavy (non-hydrogen) atoms. The highest BCUT2D eigenvalue weighted by molar-refractivity contribution is 7.10. The van der Waals surface area contributed by atoms with Crippen molar-refractivity contribution in [1.29, 1.82) is 0 Å². The molecule has 3 aromatic heterocycles. The van der Waals surface area contributed by atoms with E-state index in [0.29, 0.717) is 22.3 Å². The van der Waals surface area contributed by atoms with E-state index in [1.165, 1.54) is 11.5 Å². The van der Waals surface area contributed by atoms with Crippen LogP contribution in [0.15, 0.2) is 36.7 Å². The zero-order chi connectivity index (χ0) is 24.7. The van der Waals surface area contributed by atoms with Crippen LogP contribution in [0.2, 0.25) is 5.02 Å². The van der Waals surface area contributed by atoms with E-state index in [1.807, 2.05) is 43.9 Å². The Morgan fingerprint density at radius 2 is 2.11 bits per heavy atom. The van der Waals surface area contributed by atoms with Gasteiger partial charge >= 0.3 is 0 Å². The number of morpholine rings is 1. The number of H-pyrrole nitrogens is 1. The number of amides is 2. The van der Waals surface area contributed by atoms with E-state index in [4.69, 9.17) is 16.3 Å². The molecule has 5 rings (SSSR count).